The Bertz CT molecular complexity index is 230. The highest BCUT2D eigenvalue weighted by Crippen LogP contribution is 2.17. The van der Waals surface area contributed by atoms with Crippen LogP contribution < -0.4 is 4.74 Å². The minimum atomic E-state index is -4.27. The second-order valence-corrected chi connectivity index (χ2v) is 2.22. The minimum absolute atomic E-state index is 0.231. The van der Waals surface area contributed by atoms with Crippen molar-refractivity contribution in [3.8, 4) is 5.75 Å². The van der Waals surface area contributed by atoms with E-state index in [0.717, 1.165) is 0 Å². The molecule has 0 heterocycles. The Kier molecular flexibility index (Phi) is 2.58. The van der Waals surface area contributed by atoms with Crippen molar-refractivity contribution in [2.75, 3.05) is 6.61 Å². The molecule has 0 amide bonds. The molecule has 0 aliphatic heterocycles. The molecular formula is C8H7F3O. The summed E-state index contributed by atoms with van der Waals surface area (Å²) in [6.07, 6.45) is -4.27. The maximum absolute atomic E-state index is 11.6. The molecule has 0 spiro atoms. The Morgan fingerprint density at radius 3 is 2.17 bits per heavy atom. The molecule has 0 N–H and O–H groups in total. The van der Waals surface area contributed by atoms with E-state index < -0.39 is 12.8 Å². The van der Waals surface area contributed by atoms with Gasteiger partial charge in [0.25, 0.3) is 0 Å². The van der Waals surface area contributed by atoms with Crippen molar-refractivity contribution < 1.29 is 17.9 Å². The van der Waals surface area contributed by atoms with Crippen molar-refractivity contribution in [2.45, 2.75) is 6.18 Å². The van der Waals surface area contributed by atoms with Crippen molar-refractivity contribution in [3.05, 3.63) is 30.3 Å². The third-order valence-corrected chi connectivity index (χ3v) is 1.15. The Balaban J connectivity index is 2.44. The van der Waals surface area contributed by atoms with Crippen molar-refractivity contribution in [3.63, 3.8) is 0 Å². The molecule has 0 saturated heterocycles. The zero-order valence-electron chi connectivity index (χ0n) is 6.14. The van der Waals surface area contributed by atoms with Gasteiger partial charge in [0.1, 0.15) is 5.75 Å². The van der Waals surface area contributed by atoms with Crippen LogP contribution in [0.2, 0.25) is 0 Å². The van der Waals surface area contributed by atoms with Gasteiger partial charge in [0.2, 0.25) is 0 Å². The second-order valence-electron chi connectivity index (χ2n) is 2.22. The number of hydrogen-bond acceptors (Lipinski definition) is 1. The normalized spacial score (nSPS) is 11.2. The van der Waals surface area contributed by atoms with Crippen LogP contribution in [0.4, 0.5) is 13.2 Å². The standard InChI is InChI=1S/C8H7F3O/c9-8(10,11)6-12-7-4-2-1-3-5-7/h1-5H,6H2. The summed E-state index contributed by atoms with van der Waals surface area (Å²) in [5.74, 6) is 0.231. The molecule has 0 aliphatic carbocycles. The van der Waals surface area contributed by atoms with Crippen LogP contribution in [0.5, 0.6) is 5.75 Å². The third-order valence-electron chi connectivity index (χ3n) is 1.15. The van der Waals surface area contributed by atoms with E-state index in [9.17, 15) is 13.2 Å². The molecule has 0 radical (unpaired) electrons. The SMILES string of the molecule is FC(F)(F)COc1ccccc1. The molecular weight excluding hydrogens is 169 g/mol. The topological polar surface area (TPSA) is 9.23 Å². The molecule has 0 unspecified atom stereocenters. The lowest BCUT2D eigenvalue weighted by atomic mass is 10.3. The van der Waals surface area contributed by atoms with Crippen molar-refractivity contribution in [1.29, 1.82) is 0 Å². The first-order valence-electron chi connectivity index (χ1n) is 3.32. The maximum atomic E-state index is 11.6. The van der Waals surface area contributed by atoms with Crippen LogP contribution in [0, 0.1) is 0 Å². The third kappa shape index (κ3) is 3.27. The van der Waals surface area contributed by atoms with Crippen molar-refractivity contribution in [1.82, 2.24) is 0 Å². The molecule has 1 nitrogen and oxygen atoms in total. The van der Waals surface area contributed by atoms with E-state index in [2.05, 4.69) is 4.74 Å². The quantitative estimate of drug-likeness (QED) is 0.673. The number of para-hydroxylation sites is 1. The summed E-state index contributed by atoms with van der Waals surface area (Å²) in [6, 6.07) is 7.90. The number of halogens is 3. The van der Waals surface area contributed by atoms with E-state index in [1.807, 2.05) is 0 Å². The highest BCUT2D eigenvalue weighted by Gasteiger charge is 2.28. The number of hydrogen-bond donors (Lipinski definition) is 0. The first kappa shape index (κ1) is 8.90. The van der Waals surface area contributed by atoms with Crippen LogP contribution in [0.3, 0.4) is 0 Å². The fourth-order valence-corrected chi connectivity index (χ4v) is 0.682. The Morgan fingerprint density at radius 1 is 1.08 bits per heavy atom. The molecule has 0 atom stereocenters. The van der Waals surface area contributed by atoms with Gasteiger partial charge >= 0.3 is 6.18 Å². The molecule has 1 rings (SSSR count). The van der Waals surface area contributed by atoms with Crippen molar-refractivity contribution in [2.24, 2.45) is 0 Å². The van der Waals surface area contributed by atoms with Crippen LogP contribution >= 0.6 is 0 Å². The molecule has 0 aromatic heterocycles. The predicted molar refractivity (Wildman–Crippen MR) is 38.0 cm³/mol. The van der Waals surface area contributed by atoms with Gasteiger partial charge in [-0.2, -0.15) is 13.2 Å². The smallest absolute Gasteiger partial charge is 0.422 e. The van der Waals surface area contributed by atoms with Gasteiger partial charge in [-0.05, 0) is 12.1 Å². The van der Waals surface area contributed by atoms with Gasteiger partial charge in [-0.15, -0.1) is 0 Å². The van der Waals surface area contributed by atoms with Gasteiger partial charge in [0, 0.05) is 0 Å². The average molecular weight is 176 g/mol. The first-order chi connectivity index (χ1) is 5.58. The fraction of sp³-hybridized carbons (Fsp3) is 0.250. The Labute approximate surface area is 67.8 Å². The predicted octanol–water partition coefficient (Wildman–Crippen LogP) is 2.63. The van der Waals surface area contributed by atoms with Gasteiger partial charge in [-0.25, -0.2) is 0 Å². The summed E-state index contributed by atoms with van der Waals surface area (Å²) < 4.78 is 39.3. The van der Waals surface area contributed by atoms with E-state index in [-0.39, 0.29) is 5.75 Å². The van der Waals surface area contributed by atoms with Gasteiger partial charge in [0.05, 0.1) is 0 Å². The molecule has 0 bridgehead atoms. The summed E-state index contributed by atoms with van der Waals surface area (Å²) in [5.41, 5.74) is 0. The van der Waals surface area contributed by atoms with E-state index in [1.165, 1.54) is 12.1 Å². The minimum Gasteiger partial charge on any atom is -0.484 e. The number of rotatable bonds is 2. The molecule has 12 heavy (non-hydrogen) atoms. The molecule has 0 saturated carbocycles. The van der Waals surface area contributed by atoms with Crippen LogP contribution in [-0.4, -0.2) is 12.8 Å². The van der Waals surface area contributed by atoms with Crippen LogP contribution in [0.1, 0.15) is 0 Å². The summed E-state index contributed by atoms with van der Waals surface area (Å²) >= 11 is 0. The number of alkyl halides is 3. The summed E-state index contributed by atoms with van der Waals surface area (Å²) in [5, 5.41) is 0. The Morgan fingerprint density at radius 2 is 1.67 bits per heavy atom. The molecule has 66 valence electrons. The van der Waals surface area contributed by atoms with E-state index in [0.29, 0.717) is 0 Å². The summed E-state index contributed by atoms with van der Waals surface area (Å²) in [7, 11) is 0. The van der Waals surface area contributed by atoms with E-state index in [1.54, 1.807) is 18.2 Å². The monoisotopic (exact) mass is 176 g/mol. The van der Waals surface area contributed by atoms with E-state index >= 15 is 0 Å². The van der Waals surface area contributed by atoms with Gasteiger partial charge < -0.3 is 4.74 Å². The van der Waals surface area contributed by atoms with Gasteiger partial charge in [0.15, 0.2) is 6.61 Å². The molecule has 1 aromatic rings. The lowest BCUT2D eigenvalue weighted by molar-refractivity contribution is -0.153. The molecule has 1 aromatic carbocycles. The zero-order valence-corrected chi connectivity index (χ0v) is 6.14. The Hall–Kier alpha value is -1.19. The van der Waals surface area contributed by atoms with Crippen LogP contribution in [0.25, 0.3) is 0 Å². The van der Waals surface area contributed by atoms with Crippen LogP contribution in [-0.2, 0) is 0 Å². The molecule has 0 fully saturated rings. The summed E-state index contributed by atoms with van der Waals surface area (Å²) in [4.78, 5) is 0. The fourth-order valence-electron chi connectivity index (χ4n) is 0.682. The number of ether oxygens (including phenoxy) is 1. The largest absolute Gasteiger partial charge is 0.484 e. The second kappa shape index (κ2) is 3.47. The lowest BCUT2D eigenvalue weighted by Crippen LogP contribution is -2.19. The van der Waals surface area contributed by atoms with Gasteiger partial charge in [-0.3, -0.25) is 0 Å². The average Bonchev–Trinajstić information content (AvgIpc) is 2.02. The summed E-state index contributed by atoms with van der Waals surface area (Å²) in [6.45, 7) is -1.24. The van der Waals surface area contributed by atoms with Crippen molar-refractivity contribution >= 4 is 0 Å². The highest BCUT2D eigenvalue weighted by molar-refractivity contribution is 5.20. The maximum Gasteiger partial charge on any atom is 0.422 e. The molecule has 0 aliphatic rings. The zero-order chi connectivity index (χ0) is 9.03. The number of benzene rings is 1. The highest BCUT2D eigenvalue weighted by atomic mass is 19.4. The molecule has 4 heteroatoms. The van der Waals surface area contributed by atoms with Gasteiger partial charge in [-0.1, -0.05) is 18.2 Å². The van der Waals surface area contributed by atoms with Crippen LogP contribution in [0.15, 0.2) is 30.3 Å². The lowest BCUT2D eigenvalue weighted by Gasteiger charge is -2.07. The first-order valence-corrected chi connectivity index (χ1v) is 3.32. The van der Waals surface area contributed by atoms with E-state index in [4.69, 9.17) is 0 Å².